The molecule has 0 fully saturated rings. The molecule has 3 aromatic heterocycles. The van der Waals surface area contributed by atoms with Gasteiger partial charge in [-0.25, -0.2) is 4.98 Å². The fraction of sp³-hybridized carbons (Fsp3) is 0.391. The van der Waals surface area contributed by atoms with Gasteiger partial charge in [-0.15, -0.1) is 0 Å². The normalized spacial score (nSPS) is 10.9. The van der Waals surface area contributed by atoms with Crippen LogP contribution in [0, 0.1) is 6.92 Å². The van der Waals surface area contributed by atoms with Crippen molar-refractivity contribution in [3.05, 3.63) is 65.9 Å². The van der Waals surface area contributed by atoms with E-state index in [1.807, 2.05) is 54.9 Å². The molecular formula is C23H29N5O2. The van der Waals surface area contributed by atoms with Crippen molar-refractivity contribution in [2.24, 2.45) is 0 Å². The predicted octanol–water partition coefficient (Wildman–Crippen LogP) is 3.03. The van der Waals surface area contributed by atoms with E-state index in [9.17, 15) is 9.59 Å². The number of rotatable bonds is 10. The fourth-order valence-electron chi connectivity index (χ4n) is 3.41. The van der Waals surface area contributed by atoms with Crippen LogP contribution in [0.1, 0.15) is 47.4 Å². The summed E-state index contributed by atoms with van der Waals surface area (Å²) >= 11 is 0. The maximum absolute atomic E-state index is 12.5. The van der Waals surface area contributed by atoms with E-state index in [1.165, 1.54) is 5.56 Å². The van der Waals surface area contributed by atoms with Gasteiger partial charge in [0.25, 0.3) is 5.91 Å². The summed E-state index contributed by atoms with van der Waals surface area (Å²) in [4.78, 5) is 35.0. The Hall–Kier alpha value is -3.22. The van der Waals surface area contributed by atoms with Crippen LogP contribution in [0.15, 0.2) is 48.9 Å². The Labute approximate surface area is 177 Å². The standard InChI is InChI=1S/C23H29N5O2/c1-18-22(28-16-7-5-8-20(28)26-18)23(30)25-13-6-3-4-9-21(29)27(2)17-12-19-10-14-24-15-11-19/h5,7-8,10-11,14-16H,3-4,6,9,12-13,17H2,1-2H3,(H,25,30). The molecule has 1 N–H and O–H groups in total. The van der Waals surface area contributed by atoms with E-state index in [1.54, 1.807) is 17.3 Å². The van der Waals surface area contributed by atoms with E-state index in [0.29, 0.717) is 25.2 Å². The quantitative estimate of drug-likeness (QED) is 0.524. The number of likely N-dealkylation sites (N-methyl/N-ethyl adjacent to an activating group) is 1. The number of nitrogens with zero attached hydrogens (tertiary/aromatic N) is 4. The van der Waals surface area contributed by atoms with E-state index >= 15 is 0 Å². The smallest absolute Gasteiger partial charge is 0.270 e. The molecule has 158 valence electrons. The van der Waals surface area contributed by atoms with Crippen LogP contribution in [-0.2, 0) is 11.2 Å². The summed E-state index contributed by atoms with van der Waals surface area (Å²) in [5.74, 6) is 0.0487. The third kappa shape index (κ3) is 5.65. The third-order valence-electron chi connectivity index (χ3n) is 5.18. The first-order valence-electron chi connectivity index (χ1n) is 10.4. The maximum Gasteiger partial charge on any atom is 0.270 e. The molecule has 0 bridgehead atoms. The molecule has 0 aliphatic carbocycles. The minimum Gasteiger partial charge on any atom is -0.351 e. The van der Waals surface area contributed by atoms with Gasteiger partial charge in [0, 0.05) is 45.1 Å². The van der Waals surface area contributed by atoms with Crippen LogP contribution in [0.25, 0.3) is 5.65 Å². The lowest BCUT2D eigenvalue weighted by atomic mass is 10.1. The Bertz CT molecular complexity index is 984. The van der Waals surface area contributed by atoms with Crippen LogP contribution in [0.5, 0.6) is 0 Å². The van der Waals surface area contributed by atoms with Gasteiger partial charge < -0.3 is 10.2 Å². The molecule has 0 atom stereocenters. The Kier molecular flexibility index (Phi) is 7.54. The largest absolute Gasteiger partial charge is 0.351 e. The molecule has 0 aliphatic heterocycles. The second-order valence-electron chi connectivity index (χ2n) is 7.46. The Morgan fingerprint density at radius 2 is 1.90 bits per heavy atom. The Balaban J connectivity index is 1.32. The van der Waals surface area contributed by atoms with Crippen molar-refractivity contribution < 1.29 is 9.59 Å². The molecule has 7 heteroatoms. The van der Waals surface area contributed by atoms with Gasteiger partial charge in [0.15, 0.2) is 0 Å². The lowest BCUT2D eigenvalue weighted by molar-refractivity contribution is -0.130. The summed E-state index contributed by atoms with van der Waals surface area (Å²) < 4.78 is 1.81. The van der Waals surface area contributed by atoms with Crippen molar-refractivity contribution in [2.75, 3.05) is 20.1 Å². The van der Waals surface area contributed by atoms with Gasteiger partial charge in [-0.05, 0) is 56.0 Å². The molecule has 7 nitrogen and oxygen atoms in total. The number of aryl methyl sites for hydroxylation is 1. The van der Waals surface area contributed by atoms with Crippen LogP contribution >= 0.6 is 0 Å². The first kappa shape index (κ1) is 21.5. The first-order valence-corrected chi connectivity index (χ1v) is 10.4. The van der Waals surface area contributed by atoms with Gasteiger partial charge in [-0.3, -0.25) is 19.0 Å². The van der Waals surface area contributed by atoms with Gasteiger partial charge in [-0.1, -0.05) is 12.5 Å². The van der Waals surface area contributed by atoms with Crippen molar-refractivity contribution in [1.82, 2.24) is 24.6 Å². The third-order valence-corrected chi connectivity index (χ3v) is 5.18. The molecule has 2 amide bonds. The zero-order chi connectivity index (χ0) is 21.3. The number of nitrogens with one attached hydrogen (secondary N) is 1. The summed E-state index contributed by atoms with van der Waals surface area (Å²) in [6.45, 7) is 3.14. The van der Waals surface area contributed by atoms with Crippen LogP contribution < -0.4 is 5.32 Å². The number of hydrogen-bond acceptors (Lipinski definition) is 4. The zero-order valence-corrected chi connectivity index (χ0v) is 17.7. The van der Waals surface area contributed by atoms with Crippen LogP contribution in [0.3, 0.4) is 0 Å². The number of hydrogen-bond donors (Lipinski definition) is 1. The number of amides is 2. The molecule has 0 spiro atoms. The van der Waals surface area contributed by atoms with Crippen LogP contribution in [0.2, 0.25) is 0 Å². The highest BCUT2D eigenvalue weighted by Gasteiger charge is 2.15. The summed E-state index contributed by atoms with van der Waals surface area (Å²) in [5, 5.41) is 2.97. The summed E-state index contributed by atoms with van der Waals surface area (Å²) in [5.41, 5.74) is 3.25. The highest BCUT2D eigenvalue weighted by Crippen LogP contribution is 2.11. The van der Waals surface area contributed by atoms with E-state index in [4.69, 9.17) is 0 Å². The van der Waals surface area contributed by atoms with Crippen molar-refractivity contribution in [3.8, 4) is 0 Å². The summed E-state index contributed by atoms with van der Waals surface area (Å²) in [6.07, 6.45) is 9.32. The molecule has 0 saturated carbocycles. The lowest BCUT2D eigenvalue weighted by Crippen LogP contribution is -2.28. The number of carbonyl (C=O) groups excluding carboxylic acids is 2. The molecule has 30 heavy (non-hydrogen) atoms. The second-order valence-corrected chi connectivity index (χ2v) is 7.46. The average molecular weight is 408 g/mol. The molecule has 0 aromatic carbocycles. The van der Waals surface area contributed by atoms with E-state index in [-0.39, 0.29) is 11.8 Å². The van der Waals surface area contributed by atoms with Gasteiger partial charge >= 0.3 is 0 Å². The number of pyridine rings is 2. The molecule has 0 unspecified atom stereocenters. The second kappa shape index (κ2) is 10.5. The van der Waals surface area contributed by atoms with Gasteiger partial charge in [0.2, 0.25) is 5.91 Å². The van der Waals surface area contributed by atoms with Gasteiger partial charge in [-0.2, -0.15) is 0 Å². The van der Waals surface area contributed by atoms with Gasteiger partial charge in [0.1, 0.15) is 11.3 Å². The molecule has 0 radical (unpaired) electrons. The predicted molar refractivity (Wildman–Crippen MR) is 116 cm³/mol. The Morgan fingerprint density at radius 3 is 2.70 bits per heavy atom. The summed E-state index contributed by atoms with van der Waals surface area (Å²) in [6, 6.07) is 9.62. The minimum atomic E-state index is -0.113. The minimum absolute atomic E-state index is 0.113. The van der Waals surface area contributed by atoms with Crippen molar-refractivity contribution in [2.45, 2.75) is 39.0 Å². The van der Waals surface area contributed by atoms with Crippen LogP contribution in [-0.4, -0.2) is 51.2 Å². The lowest BCUT2D eigenvalue weighted by Gasteiger charge is -2.17. The Morgan fingerprint density at radius 1 is 1.10 bits per heavy atom. The van der Waals surface area contributed by atoms with E-state index in [0.717, 1.165) is 37.0 Å². The van der Waals surface area contributed by atoms with Gasteiger partial charge in [0.05, 0.1) is 5.69 Å². The average Bonchev–Trinajstić information content (AvgIpc) is 3.10. The highest BCUT2D eigenvalue weighted by molar-refractivity contribution is 5.94. The van der Waals surface area contributed by atoms with E-state index in [2.05, 4.69) is 15.3 Å². The topological polar surface area (TPSA) is 79.6 Å². The number of unbranched alkanes of at least 4 members (excludes halogenated alkanes) is 2. The van der Waals surface area contributed by atoms with Crippen molar-refractivity contribution in [1.29, 1.82) is 0 Å². The molecular weight excluding hydrogens is 378 g/mol. The van der Waals surface area contributed by atoms with Crippen molar-refractivity contribution in [3.63, 3.8) is 0 Å². The molecule has 3 heterocycles. The highest BCUT2D eigenvalue weighted by atomic mass is 16.2. The molecule has 3 rings (SSSR count). The number of carbonyl (C=O) groups is 2. The number of aromatic nitrogens is 3. The van der Waals surface area contributed by atoms with Crippen LogP contribution in [0.4, 0.5) is 0 Å². The molecule has 3 aromatic rings. The monoisotopic (exact) mass is 407 g/mol. The molecule has 0 saturated heterocycles. The first-order chi connectivity index (χ1) is 14.6. The number of imidazole rings is 1. The fourth-order valence-corrected chi connectivity index (χ4v) is 3.41. The SMILES string of the molecule is Cc1nc2ccccn2c1C(=O)NCCCCCC(=O)N(C)CCc1ccncc1. The maximum atomic E-state index is 12.5. The molecule has 0 aliphatic rings. The zero-order valence-electron chi connectivity index (χ0n) is 17.7. The van der Waals surface area contributed by atoms with Crippen molar-refractivity contribution >= 4 is 17.5 Å². The summed E-state index contributed by atoms with van der Waals surface area (Å²) in [7, 11) is 1.85. The van der Waals surface area contributed by atoms with E-state index < -0.39 is 0 Å². The number of fused-ring (bicyclic) bond motifs is 1.